The lowest BCUT2D eigenvalue weighted by molar-refractivity contribution is 0.455. The molecule has 1 rings (SSSR count). The molecule has 1 N–H and O–H groups in total. The van der Waals surface area contributed by atoms with Crippen LogP contribution in [0.4, 0.5) is 4.39 Å². The Kier molecular flexibility index (Phi) is 2.88. The first-order chi connectivity index (χ1) is 6.61. The van der Waals surface area contributed by atoms with E-state index in [9.17, 15) is 9.50 Å². The molecule has 0 aliphatic carbocycles. The van der Waals surface area contributed by atoms with E-state index in [0.717, 1.165) is 0 Å². The van der Waals surface area contributed by atoms with Crippen molar-refractivity contribution in [2.24, 2.45) is 0 Å². The zero-order valence-corrected chi connectivity index (χ0v) is 7.79. The van der Waals surface area contributed by atoms with Crippen molar-refractivity contribution >= 4 is 0 Å². The average molecular weight is 191 g/mol. The molecule has 3 heteroatoms. The summed E-state index contributed by atoms with van der Waals surface area (Å²) in [5, 5.41) is 18.2. The van der Waals surface area contributed by atoms with Gasteiger partial charge in [0.15, 0.2) is 0 Å². The Hall–Kier alpha value is -1.82. The molecular formula is C11H10FNO. The van der Waals surface area contributed by atoms with Gasteiger partial charge in [-0.25, -0.2) is 4.39 Å². The van der Waals surface area contributed by atoms with Gasteiger partial charge in [0.05, 0.1) is 5.56 Å². The molecule has 0 heterocycles. The van der Waals surface area contributed by atoms with E-state index in [1.807, 2.05) is 0 Å². The molecule has 0 aliphatic rings. The minimum Gasteiger partial charge on any atom is -0.506 e. The number of allylic oxidation sites excluding steroid dienone is 1. The standard InChI is InChI=1S/C11H10FNO/c1-3-7(2)10-9(12)5-4-8(6-13)11(10)14/h3-5,7,14H,1H2,2H3. The Morgan fingerprint density at radius 3 is 2.79 bits per heavy atom. The summed E-state index contributed by atoms with van der Waals surface area (Å²) in [6.45, 7) is 5.21. The number of hydrogen-bond donors (Lipinski definition) is 1. The maximum atomic E-state index is 13.3. The van der Waals surface area contributed by atoms with Crippen LogP contribution in [0.3, 0.4) is 0 Å². The normalized spacial score (nSPS) is 11.8. The van der Waals surface area contributed by atoms with Gasteiger partial charge in [0, 0.05) is 11.5 Å². The first-order valence-corrected chi connectivity index (χ1v) is 4.15. The number of phenolic OH excluding ortho intramolecular Hbond substituents is 1. The molecular weight excluding hydrogens is 181 g/mol. The van der Waals surface area contributed by atoms with E-state index < -0.39 is 5.82 Å². The molecule has 1 atom stereocenters. The predicted molar refractivity (Wildman–Crippen MR) is 51.4 cm³/mol. The quantitative estimate of drug-likeness (QED) is 0.730. The fourth-order valence-electron chi connectivity index (χ4n) is 1.22. The van der Waals surface area contributed by atoms with Crippen LogP contribution < -0.4 is 0 Å². The summed E-state index contributed by atoms with van der Waals surface area (Å²) < 4.78 is 13.3. The van der Waals surface area contributed by atoms with Gasteiger partial charge in [0.25, 0.3) is 0 Å². The van der Waals surface area contributed by atoms with Crippen molar-refractivity contribution in [2.45, 2.75) is 12.8 Å². The highest BCUT2D eigenvalue weighted by molar-refractivity contribution is 5.50. The van der Waals surface area contributed by atoms with Crippen LogP contribution in [0.25, 0.3) is 0 Å². The van der Waals surface area contributed by atoms with Gasteiger partial charge in [0.1, 0.15) is 17.6 Å². The Balaban J connectivity index is 3.41. The lowest BCUT2D eigenvalue weighted by Gasteiger charge is -2.10. The number of hydrogen-bond acceptors (Lipinski definition) is 2. The molecule has 0 spiro atoms. The lowest BCUT2D eigenvalue weighted by atomic mass is 9.97. The van der Waals surface area contributed by atoms with Gasteiger partial charge >= 0.3 is 0 Å². The highest BCUT2D eigenvalue weighted by Crippen LogP contribution is 2.31. The first-order valence-electron chi connectivity index (χ1n) is 4.15. The topological polar surface area (TPSA) is 44.0 Å². The van der Waals surface area contributed by atoms with E-state index >= 15 is 0 Å². The molecule has 1 aromatic rings. The van der Waals surface area contributed by atoms with E-state index in [4.69, 9.17) is 5.26 Å². The molecule has 1 unspecified atom stereocenters. The minimum atomic E-state index is -0.520. The highest BCUT2D eigenvalue weighted by Gasteiger charge is 2.16. The number of aromatic hydroxyl groups is 1. The van der Waals surface area contributed by atoms with Crippen molar-refractivity contribution in [3.63, 3.8) is 0 Å². The van der Waals surface area contributed by atoms with E-state index in [-0.39, 0.29) is 22.8 Å². The Bertz CT molecular complexity index is 406. The van der Waals surface area contributed by atoms with Crippen LogP contribution in [-0.2, 0) is 0 Å². The zero-order chi connectivity index (χ0) is 10.7. The van der Waals surface area contributed by atoms with Gasteiger partial charge in [-0.15, -0.1) is 6.58 Å². The van der Waals surface area contributed by atoms with Gasteiger partial charge < -0.3 is 5.11 Å². The van der Waals surface area contributed by atoms with Crippen LogP contribution in [0, 0.1) is 17.1 Å². The average Bonchev–Trinajstić information content (AvgIpc) is 2.18. The molecule has 0 bridgehead atoms. The van der Waals surface area contributed by atoms with Crippen molar-refractivity contribution in [1.82, 2.24) is 0 Å². The van der Waals surface area contributed by atoms with Gasteiger partial charge in [-0.3, -0.25) is 0 Å². The predicted octanol–water partition coefficient (Wildman–Crippen LogP) is 2.69. The molecule has 0 aliphatic heterocycles. The van der Waals surface area contributed by atoms with Crippen LogP contribution in [0.15, 0.2) is 24.8 Å². The first kappa shape index (κ1) is 10.3. The van der Waals surface area contributed by atoms with E-state index in [0.29, 0.717) is 0 Å². The Morgan fingerprint density at radius 1 is 1.64 bits per heavy atom. The molecule has 0 amide bonds. The monoisotopic (exact) mass is 191 g/mol. The van der Waals surface area contributed by atoms with Crippen molar-refractivity contribution in [3.8, 4) is 11.8 Å². The molecule has 0 saturated heterocycles. The van der Waals surface area contributed by atoms with E-state index in [1.54, 1.807) is 13.0 Å². The van der Waals surface area contributed by atoms with Crippen molar-refractivity contribution in [1.29, 1.82) is 5.26 Å². The molecule has 0 fully saturated rings. The van der Waals surface area contributed by atoms with Gasteiger partial charge in [-0.05, 0) is 12.1 Å². The zero-order valence-electron chi connectivity index (χ0n) is 7.79. The summed E-state index contributed by atoms with van der Waals surface area (Å²) in [6.07, 6.45) is 1.51. The fourth-order valence-corrected chi connectivity index (χ4v) is 1.22. The summed E-state index contributed by atoms with van der Waals surface area (Å²) in [6, 6.07) is 4.22. The van der Waals surface area contributed by atoms with E-state index in [2.05, 4.69) is 6.58 Å². The molecule has 0 aromatic heterocycles. The van der Waals surface area contributed by atoms with Crippen LogP contribution in [0.2, 0.25) is 0 Å². The smallest absolute Gasteiger partial charge is 0.140 e. The summed E-state index contributed by atoms with van der Waals surface area (Å²) in [7, 11) is 0. The van der Waals surface area contributed by atoms with Gasteiger partial charge in [-0.2, -0.15) is 5.26 Å². The summed E-state index contributed by atoms with van der Waals surface area (Å²) >= 11 is 0. The fraction of sp³-hybridized carbons (Fsp3) is 0.182. The Labute approximate surface area is 81.9 Å². The number of phenols is 1. The largest absolute Gasteiger partial charge is 0.506 e. The van der Waals surface area contributed by atoms with Crippen molar-refractivity contribution < 1.29 is 9.50 Å². The molecule has 1 aromatic carbocycles. The summed E-state index contributed by atoms with van der Waals surface area (Å²) in [4.78, 5) is 0. The third-order valence-electron chi connectivity index (χ3n) is 2.09. The third-order valence-corrected chi connectivity index (χ3v) is 2.09. The van der Waals surface area contributed by atoms with Gasteiger partial charge in [-0.1, -0.05) is 13.0 Å². The number of rotatable bonds is 2. The van der Waals surface area contributed by atoms with Crippen molar-refractivity contribution in [2.75, 3.05) is 0 Å². The molecule has 0 radical (unpaired) electrons. The van der Waals surface area contributed by atoms with Crippen LogP contribution >= 0.6 is 0 Å². The molecule has 0 saturated carbocycles. The second kappa shape index (κ2) is 3.93. The summed E-state index contributed by atoms with van der Waals surface area (Å²) in [5.41, 5.74) is 0.203. The second-order valence-corrected chi connectivity index (χ2v) is 2.99. The van der Waals surface area contributed by atoms with Crippen molar-refractivity contribution in [3.05, 3.63) is 41.7 Å². The molecule has 2 nitrogen and oxygen atoms in total. The summed E-state index contributed by atoms with van der Waals surface area (Å²) in [5.74, 6) is -1.13. The van der Waals surface area contributed by atoms with E-state index in [1.165, 1.54) is 18.2 Å². The number of nitriles is 1. The maximum absolute atomic E-state index is 13.3. The second-order valence-electron chi connectivity index (χ2n) is 2.99. The van der Waals surface area contributed by atoms with Crippen LogP contribution in [-0.4, -0.2) is 5.11 Å². The maximum Gasteiger partial charge on any atom is 0.140 e. The Morgan fingerprint density at radius 2 is 2.29 bits per heavy atom. The number of halogens is 1. The molecule has 14 heavy (non-hydrogen) atoms. The number of benzene rings is 1. The minimum absolute atomic E-state index is 0.0788. The SMILES string of the molecule is C=CC(C)c1c(F)ccc(C#N)c1O. The lowest BCUT2D eigenvalue weighted by Crippen LogP contribution is -1.96. The molecule has 72 valence electrons. The third kappa shape index (κ3) is 1.60. The van der Waals surface area contributed by atoms with Crippen LogP contribution in [0.1, 0.15) is 24.0 Å². The number of nitrogens with zero attached hydrogens (tertiary/aromatic N) is 1. The van der Waals surface area contributed by atoms with Gasteiger partial charge in [0.2, 0.25) is 0 Å². The van der Waals surface area contributed by atoms with Crippen LogP contribution in [0.5, 0.6) is 5.75 Å². The highest BCUT2D eigenvalue weighted by atomic mass is 19.1.